The van der Waals surface area contributed by atoms with Gasteiger partial charge in [0, 0.05) is 42.7 Å². The van der Waals surface area contributed by atoms with Gasteiger partial charge in [-0.3, -0.25) is 14.7 Å². The summed E-state index contributed by atoms with van der Waals surface area (Å²) in [5.41, 5.74) is 0. The number of ether oxygens (including phenoxy) is 8. The molecular formula is C17H34N6O8. The minimum Gasteiger partial charge on any atom is -0.364 e. The van der Waals surface area contributed by atoms with Crippen molar-refractivity contribution >= 4 is 17.8 Å². The molecule has 0 spiro atoms. The fraction of sp³-hybridized carbons (Fsp3) is 0.824. The van der Waals surface area contributed by atoms with Crippen LogP contribution in [0.4, 0.5) is 17.8 Å². The first kappa shape index (κ1) is 27.1. The van der Waals surface area contributed by atoms with E-state index in [1.807, 2.05) is 0 Å². The lowest BCUT2D eigenvalue weighted by atomic mass is 10.6. The van der Waals surface area contributed by atoms with E-state index in [2.05, 4.69) is 15.0 Å². The Morgan fingerprint density at radius 2 is 0.806 bits per heavy atom. The normalized spacial score (nSPS) is 11.0. The van der Waals surface area contributed by atoms with E-state index in [1.165, 1.54) is 7.11 Å². The van der Waals surface area contributed by atoms with E-state index in [0.29, 0.717) is 17.8 Å². The molecule has 14 nitrogen and oxygen atoms in total. The van der Waals surface area contributed by atoms with Crippen LogP contribution in [0.25, 0.3) is 0 Å². The summed E-state index contributed by atoms with van der Waals surface area (Å²) in [6.45, 7) is 1.23. The van der Waals surface area contributed by atoms with E-state index in [9.17, 15) is 0 Å². The molecule has 1 rings (SSSR count). The van der Waals surface area contributed by atoms with E-state index in [1.54, 1.807) is 50.2 Å². The molecule has 0 atom stereocenters. The summed E-state index contributed by atoms with van der Waals surface area (Å²) in [4.78, 5) is 18.7. The van der Waals surface area contributed by atoms with Gasteiger partial charge in [-0.25, -0.2) is 0 Å². The predicted molar refractivity (Wildman–Crippen MR) is 110 cm³/mol. The van der Waals surface area contributed by atoms with Crippen LogP contribution in [0.5, 0.6) is 0 Å². The zero-order valence-electron chi connectivity index (χ0n) is 19.1. The van der Waals surface area contributed by atoms with Gasteiger partial charge in [0.2, 0.25) is 17.8 Å². The number of methoxy groups -OCH3 is 6. The lowest BCUT2D eigenvalue weighted by Gasteiger charge is -2.27. The van der Waals surface area contributed by atoms with Crippen molar-refractivity contribution in [1.82, 2.24) is 15.0 Å². The Balaban J connectivity index is 3.25. The van der Waals surface area contributed by atoms with E-state index >= 15 is 0 Å². The van der Waals surface area contributed by atoms with E-state index in [-0.39, 0.29) is 54.0 Å². The van der Waals surface area contributed by atoms with Crippen LogP contribution in [0, 0.1) is 0 Å². The van der Waals surface area contributed by atoms with Crippen LogP contribution in [0.2, 0.25) is 0 Å². The minimum absolute atomic E-state index is 0.0256. The van der Waals surface area contributed by atoms with Crippen molar-refractivity contribution in [2.24, 2.45) is 0 Å². The maximum Gasteiger partial charge on any atom is 0.235 e. The van der Waals surface area contributed by atoms with Crippen molar-refractivity contribution < 1.29 is 37.9 Å². The molecule has 0 radical (unpaired) electrons. The van der Waals surface area contributed by atoms with Crippen molar-refractivity contribution in [3.63, 3.8) is 0 Å². The molecule has 0 amide bonds. The van der Waals surface area contributed by atoms with E-state index in [4.69, 9.17) is 37.9 Å². The molecule has 0 saturated heterocycles. The predicted octanol–water partition coefficient (Wildman–Crippen LogP) is -0.138. The van der Waals surface area contributed by atoms with Crippen molar-refractivity contribution in [1.29, 1.82) is 0 Å². The monoisotopic (exact) mass is 450 g/mol. The Bertz CT molecular complexity index is 541. The first-order chi connectivity index (χ1) is 15.1. The van der Waals surface area contributed by atoms with Crippen LogP contribution >= 0.6 is 0 Å². The van der Waals surface area contributed by atoms with Crippen LogP contribution in [-0.4, -0.2) is 112 Å². The standard InChI is InChI=1S/C17H34N6O8/c1-24-7-21(8-25-2)15-18-16(22(9-26-3)10-27-4)20-17(19-15)23(11-28-5)12-30-14-31-13-29-6/h7-14H2,1-6H3. The maximum absolute atomic E-state index is 5.51. The quantitative estimate of drug-likeness (QED) is 0.205. The number of rotatable bonds is 19. The second kappa shape index (κ2) is 16.7. The largest absolute Gasteiger partial charge is 0.364 e. The lowest BCUT2D eigenvalue weighted by Crippen LogP contribution is -2.36. The molecule has 0 aliphatic rings. The molecule has 1 aromatic rings. The fourth-order valence-electron chi connectivity index (χ4n) is 2.33. The molecule has 0 aliphatic heterocycles. The Hall–Kier alpha value is -1.91. The first-order valence-electron chi connectivity index (χ1n) is 9.25. The molecule has 0 N–H and O–H groups in total. The molecule has 0 fully saturated rings. The van der Waals surface area contributed by atoms with Crippen LogP contribution in [0.1, 0.15) is 0 Å². The van der Waals surface area contributed by atoms with Gasteiger partial charge in [0.25, 0.3) is 0 Å². The van der Waals surface area contributed by atoms with E-state index in [0.717, 1.165) is 0 Å². The topological polar surface area (TPSA) is 122 Å². The highest BCUT2D eigenvalue weighted by Gasteiger charge is 2.21. The van der Waals surface area contributed by atoms with Crippen LogP contribution in [-0.2, 0) is 37.9 Å². The zero-order chi connectivity index (χ0) is 22.9. The van der Waals surface area contributed by atoms with Gasteiger partial charge in [-0.05, 0) is 0 Å². The van der Waals surface area contributed by atoms with Gasteiger partial charge in [0.1, 0.15) is 47.2 Å². The summed E-state index contributed by atoms with van der Waals surface area (Å²) >= 11 is 0. The molecular weight excluding hydrogens is 416 g/mol. The number of hydrogen-bond donors (Lipinski definition) is 0. The molecule has 0 bridgehead atoms. The Morgan fingerprint density at radius 3 is 1.13 bits per heavy atom. The third kappa shape index (κ3) is 9.84. The maximum atomic E-state index is 5.51. The summed E-state index contributed by atoms with van der Waals surface area (Å²) in [6.07, 6.45) is 0. The summed E-state index contributed by atoms with van der Waals surface area (Å²) in [5, 5.41) is 0. The molecule has 14 heteroatoms. The Labute approximate surface area is 182 Å². The molecule has 31 heavy (non-hydrogen) atoms. The van der Waals surface area contributed by atoms with Gasteiger partial charge in [0.05, 0.1) is 0 Å². The number of hydrogen-bond acceptors (Lipinski definition) is 14. The van der Waals surface area contributed by atoms with Crippen LogP contribution in [0.15, 0.2) is 0 Å². The summed E-state index contributed by atoms with van der Waals surface area (Å²) in [6, 6.07) is 0. The van der Waals surface area contributed by atoms with Gasteiger partial charge in [-0.2, -0.15) is 15.0 Å². The number of aromatic nitrogens is 3. The van der Waals surface area contributed by atoms with E-state index < -0.39 is 0 Å². The van der Waals surface area contributed by atoms with Gasteiger partial charge < -0.3 is 37.9 Å². The van der Waals surface area contributed by atoms with Crippen molar-refractivity contribution in [2.75, 3.05) is 111 Å². The molecule has 1 heterocycles. The van der Waals surface area contributed by atoms with Crippen LogP contribution in [0.3, 0.4) is 0 Å². The second-order valence-corrected chi connectivity index (χ2v) is 6.01. The highest BCUT2D eigenvalue weighted by molar-refractivity contribution is 5.45. The first-order valence-corrected chi connectivity index (χ1v) is 9.25. The highest BCUT2D eigenvalue weighted by Crippen LogP contribution is 2.19. The van der Waals surface area contributed by atoms with Gasteiger partial charge >= 0.3 is 0 Å². The molecule has 0 saturated carbocycles. The Morgan fingerprint density at radius 1 is 0.452 bits per heavy atom. The Kier molecular flexibility index (Phi) is 14.6. The highest BCUT2D eigenvalue weighted by atomic mass is 16.7. The van der Waals surface area contributed by atoms with Crippen molar-refractivity contribution in [3.8, 4) is 0 Å². The SMILES string of the molecule is COCOCOCN(COC)c1nc(N(COC)COC)nc(N(COC)COC)n1. The van der Waals surface area contributed by atoms with Gasteiger partial charge in [-0.15, -0.1) is 0 Å². The molecule has 1 aromatic heterocycles. The fourth-order valence-corrected chi connectivity index (χ4v) is 2.33. The zero-order valence-corrected chi connectivity index (χ0v) is 19.1. The van der Waals surface area contributed by atoms with Crippen LogP contribution < -0.4 is 14.7 Å². The molecule has 0 unspecified atom stereocenters. The van der Waals surface area contributed by atoms with Crippen molar-refractivity contribution in [3.05, 3.63) is 0 Å². The molecule has 0 aromatic carbocycles. The number of anilines is 3. The summed E-state index contributed by atoms with van der Waals surface area (Å²) < 4.78 is 41.8. The smallest absolute Gasteiger partial charge is 0.235 e. The third-order valence-corrected chi connectivity index (χ3v) is 3.49. The average Bonchev–Trinajstić information content (AvgIpc) is 2.77. The summed E-state index contributed by atoms with van der Waals surface area (Å²) in [5.74, 6) is 0.971. The lowest BCUT2D eigenvalue weighted by molar-refractivity contribution is -0.121. The third-order valence-electron chi connectivity index (χ3n) is 3.49. The molecule has 0 aliphatic carbocycles. The average molecular weight is 450 g/mol. The van der Waals surface area contributed by atoms with Gasteiger partial charge in [0.15, 0.2) is 6.79 Å². The van der Waals surface area contributed by atoms with Gasteiger partial charge in [-0.1, -0.05) is 0 Å². The van der Waals surface area contributed by atoms with Crippen molar-refractivity contribution in [2.45, 2.75) is 0 Å². The number of nitrogens with zero attached hydrogens (tertiary/aromatic N) is 6. The second-order valence-electron chi connectivity index (χ2n) is 6.01. The molecule has 180 valence electrons. The summed E-state index contributed by atoms with van der Waals surface area (Å²) in [7, 11) is 9.36. The minimum atomic E-state index is 0.0256.